The van der Waals surface area contributed by atoms with Crippen molar-refractivity contribution in [1.29, 1.82) is 0 Å². The highest BCUT2D eigenvalue weighted by Crippen LogP contribution is 2.39. The molecule has 1 N–H and O–H groups in total. The summed E-state index contributed by atoms with van der Waals surface area (Å²) in [5, 5.41) is 4.22. The largest absolute Gasteiger partial charge is 0.416 e. The molecule has 1 aromatic rings. The number of carbonyl (C=O) groups excluding carboxylic acids is 1. The summed E-state index contributed by atoms with van der Waals surface area (Å²) in [6.07, 6.45) is -3.08. The fourth-order valence-electron chi connectivity index (χ4n) is 3.35. The first-order chi connectivity index (χ1) is 10.2. The average Bonchev–Trinajstić information content (AvgIpc) is 2.80. The summed E-state index contributed by atoms with van der Waals surface area (Å²) >= 11 is 0. The van der Waals surface area contributed by atoms with Crippen molar-refractivity contribution in [3.05, 3.63) is 35.4 Å². The van der Waals surface area contributed by atoms with E-state index >= 15 is 0 Å². The van der Waals surface area contributed by atoms with Gasteiger partial charge in [-0.1, -0.05) is 26.0 Å². The van der Waals surface area contributed by atoms with Crippen LogP contribution in [-0.2, 0) is 11.0 Å². The average molecular weight is 310 g/mol. The molecule has 3 nitrogen and oxygen atoms in total. The minimum absolute atomic E-state index is 0.0615. The molecule has 3 rings (SSSR count). The molecule has 2 atom stereocenters. The number of halogens is 3. The summed E-state index contributed by atoms with van der Waals surface area (Å²) in [5.74, 6) is -0.255. The van der Waals surface area contributed by atoms with Crippen molar-refractivity contribution in [3.63, 3.8) is 0 Å². The quantitative estimate of drug-likeness (QED) is 0.864. The Morgan fingerprint density at radius 3 is 2.45 bits per heavy atom. The normalized spacial score (nSPS) is 27.1. The lowest BCUT2D eigenvalue weighted by atomic mass is 9.68. The molecule has 22 heavy (non-hydrogen) atoms. The summed E-state index contributed by atoms with van der Waals surface area (Å²) in [5.41, 5.74) is 3.34. The van der Waals surface area contributed by atoms with E-state index in [0.717, 1.165) is 18.6 Å². The van der Waals surface area contributed by atoms with Crippen molar-refractivity contribution in [3.8, 4) is 0 Å². The molecule has 118 valence electrons. The first-order valence-electron chi connectivity index (χ1n) is 7.21. The van der Waals surface area contributed by atoms with Crippen LogP contribution in [0.2, 0.25) is 0 Å². The number of nitrogens with zero attached hydrogens (tertiary/aromatic N) is 1. The van der Waals surface area contributed by atoms with Gasteiger partial charge in [0.1, 0.15) is 5.78 Å². The van der Waals surface area contributed by atoms with Gasteiger partial charge in [0.2, 0.25) is 0 Å². The molecule has 0 aromatic heterocycles. The molecular formula is C16H17F3N2O. The molecule has 1 aromatic carbocycles. The maximum Gasteiger partial charge on any atom is 0.416 e. The lowest BCUT2D eigenvalue weighted by molar-refractivity contribution is -0.137. The van der Waals surface area contributed by atoms with Gasteiger partial charge in [0.05, 0.1) is 23.2 Å². The van der Waals surface area contributed by atoms with E-state index in [9.17, 15) is 18.0 Å². The van der Waals surface area contributed by atoms with Crippen molar-refractivity contribution < 1.29 is 18.0 Å². The summed E-state index contributed by atoms with van der Waals surface area (Å²) in [6, 6.07) is 4.77. The Balaban J connectivity index is 1.86. The van der Waals surface area contributed by atoms with E-state index in [1.807, 2.05) is 13.8 Å². The van der Waals surface area contributed by atoms with Crippen molar-refractivity contribution in [2.75, 3.05) is 0 Å². The van der Waals surface area contributed by atoms with E-state index in [2.05, 4.69) is 10.5 Å². The van der Waals surface area contributed by atoms with E-state index in [1.54, 1.807) is 0 Å². The highest BCUT2D eigenvalue weighted by molar-refractivity contribution is 6.15. The molecule has 6 heteroatoms. The van der Waals surface area contributed by atoms with Crippen LogP contribution in [0.15, 0.2) is 29.4 Å². The van der Waals surface area contributed by atoms with Crippen LogP contribution in [0, 0.1) is 11.3 Å². The van der Waals surface area contributed by atoms with E-state index in [4.69, 9.17) is 0 Å². The second-order valence-corrected chi connectivity index (χ2v) is 6.80. The summed E-state index contributed by atoms with van der Waals surface area (Å²) in [4.78, 5) is 12.4. The maximum absolute atomic E-state index is 12.6. The number of rotatable bonds is 1. The second kappa shape index (κ2) is 4.83. The van der Waals surface area contributed by atoms with Gasteiger partial charge >= 0.3 is 6.18 Å². The molecule has 2 aliphatic rings. The van der Waals surface area contributed by atoms with Crippen molar-refractivity contribution in [2.45, 2.75) is 38.9 Å². The van der Waals surface area contributed by atoms with E-state index in [1.165, 1.54) is 12.1 Å². The number of carbonyl (C=O) groups is 1. The van der Waals surface area contributed by atoms with Gasteiger partial charge in [-0.2, -0.15) is 18.3 Å². The van der Waals surface area contributed by atoms with Crippen LogP contribution in [0.4, 0.5) is 13.2 Å². The van der Waals surface area contributed by atoms with Gasteiger partial charge in [-0.3, -0.25) is 4.79 Å². The van der Waals surface area contributed by atoms with Crippen LogP contribution in [-0.4, -0.2) is 17.5 Å². The van der Waals surface area contributed by atoms with Gasteiger partial charge in [0.15, 0.2) is 0 Å². The SMILES string of the molecule is CC1(C)CC(=O)[C@@H]2C(c3ccc(C(F)(F)F)cc3)=NN[C@@H]2C1. The Bertz CT molecular complexity index is 632. The monoisotopic (exact) mass is 310 g/mol. The topological polar surface area (TPSA) is 41.5 Å². The minimum atomic E-state index is -4.36. The number of benzene rings is 1. The summed E-state index contributed by atoms with van der Waals surface area (Å²) in [6.45, 7) is 4.08. The standard InChI is InChI=1S/C16H17F3N2O/c1-15(2)7-11-13(12(22)8-15)14(21-20-11)9-3-5-10(6-4-9)16(17,18)19/h3-6,11,13,20H,7-8H2,1-2H3/t11-,13-/m1/s1. The zero-order chi connectivity index (χ0) is 16.1. The van der Waals surface area contributed by atoms with Gasteiger partial charge in [-0.25, -0.2) is 0 Å². The van der Waals surface area contributed by atoms with Crippen molar-refractivity contribution in [2.24, 2.45) is 16.4 Å². The Morgan fingerprint density at radius 2 is 1.86 bits per heavy atom. The molecule has 0 saturated heterocycles. The Morgan fingerprint density at radius 1 is 1.23 bits per heavy atom. The Kier molecular flexibility index (Phi) is 3.30. The molecule has 0 bridgehead atoms. The van der Waals surface area contributed by atoms with Crippen LogP contribution in [0.3, 0.4) is 0 Å². The maximum atomic E-state index is 12.6. The first kappa shape index (κ1) is 15.1. The number of hydrazone groups is 1. The fourth-order valence-corrected chi connectivity index (χ4v) is 3.35. The van der Waals surface area contributed by atoms with E-state index in [-0.39, 0.29) is 23.2 Å². The number of fused-ring (bicyclic) bond motifs is 1. The van der Waals surface area contributed by atoms with Crippen LogP contribution >= 0.6 is 0 Å². The lowest BCUT2D eigenvalue weighted by Crippen LogP contribution is -2.45. The zero-order valence-corrected chi connectivity index (χ0v) is 12.4. The number of nitrogens with one attached hydrogen (secondary N) is 1. The molecular weight excluding hydrogens is 293 g/mol. The van der Waals surface area contributed by atoms with Gasteiger partial charge < -0.3 is 5.43 Å². The van der Waals surface area contributed by atoms with Crippen molar-refractivity contribution in [1.82, 2.24) is 5.43 Å². The number of Topliss-reactive ketones (excluding diaryl/α,β-unsaturated/α-hetero) is 1. The van der Waals surface area contributed by atoms with Crippen molar-refractivity contribution >= 4 is 11.5 Å². The predicted octanol–water partition coefficient (Wildman–Crippen LogP) is 3.39. The third kappa shape index (κ3) is 2.62. The van der Waals surface area contributed by atoms with Crippen LogP contribution < -0.4 is 5.43 Å². The second-order valence-electron chi connectivity index (χ2n) is 6.80. The molecule has 0 amide bonds. The van der Waals surface area contributed by atoms with Gasteiger partial charge in [0.25, 0.3) is 0 Å². The third-order valence-corrected chi connectivity index (χ3v) is 4.33. The number of alkyl halides is 3. The Hall–Kier alpha value is -1.85. The zero-order valence-electron chi connectivity index (χ0n) is 12.4. The smallest absolute Gasteiger partial charge is 0.306 e. The fraction of sp³-hybridized carbons (Fsp3) is 0.500. The molecule has 0 unspecified atom stereocenters. The molecule has 0 radical (unpaired) electrons. The number of hydrogen-bond donors (Lipinski definition) is 1. The highest BCUT2D eigenvalue weighted by atomic mass is 19.4. The molecule has 1 saturated carbocycles. The molecule has 1 fully saturated rings. The lowest BCUT2D eigenvalue weighted by Gasteiger charge is -2.36. The molecule has 1 aliphatic heterocycles. The molecule has 1 heterocycles. The first-order valence-corrected chi connectivity index (χ1v) is 7.21. The van der Waals surface area contributed by atoms with Crippen LogP contribution in [0.25, 0.3) is 0 Å². The molecule has 0 spiro atoms. The van der Waals surface area contributed by atoms with Gasteiger partial charge in [-0.05, 0) is 29.5 Å². The predicted molar refractivity (Wildman–Crippen MR) is 76.4 cm³/mol. The third-order valence-electron chi connectivity index (χ3n) is 4.33. The van der Waals surface area contributed by atoms with Crippen LogP contribution in [0.5, 0.6) is 0 Å². The molecule has 1 aliphatic carbocycles. The van der Waals surface area contributed by atoms with E-state index in [0.29, 0.717) is 17.7 Å². The summed E-state index contributed by atoms with van der Waals surface area (Å²) < 4.78 is 37.8. The van der Waals surface area contributed by atoms with Gasteiger partial charge in [-0.15, -0.1) is 0 Å². The number of hydrogen-bond acceptors (Lipinski definition) is 3. The number of ketones is 1. The van der Waals surface area contributed by atoms with Crippen LogP contribution in [0.1, 0.15) is 37.8 Å². The van der Waals surface area contributed by atoms with Gasteiger partial charge in [0, 0.05) is 6.42 Å². The van der Waals surface area contributed by atoms with E-state index < -0.39 is 11.7 Å². The summed E-state index contributed by atoms with van der Waals surface area (Å²) in [7, 11) is 0. The highest BCUT2D eigenvalue weighted by Gasteiger charge is 2.46. The Labute approximate surface area is 126 Å². The minimum Gasteiger partial charge on any atom is -0.306 e.